The van der Waals surface area contributed by atoms with Crippen molar-refractivity contribution in [1.29, 1.82) is 5.26 Å². The number of carbonyl (C=O) groups excluding carboxylic acids is 1. The minimum absolute atomic E-state index is 0.214. The van der Waals surface area contributed by atoms with Gasteiger partial charge in [0.15, 0.2) is 6.61 Å². The van der Waals surface area contributed by atoms with Crippen LogP contribution in [0.1, 0.15) is 19.8 Å². The molecule has 0 aromatic heterocycles. The van der Waals surface area contributed by atoms with Crippen LogP contribution in [0.4, 0.5) is 4.39 Å². The number of rotatable bonds is 5. The molecule has 6 heteroatoms. The van der Waals surface area contributed by atoms with Gasteiger partial charge in [-0.15, -0.1) is 0 Å². The lowest BCUT2D eigenvalue weighted by Gasteiger charge is -2.22. The zero-order chi connectivity index (χ0) is 14.8. The highest BCUT2D eigenvalue weighted by molar-refractivity contribution is 9.10. The van der Waals surface area contributed by atoms with Crippen molar-refractivity contribution in [3.05, 3.63) is 28.5 Å². The van der Waals surface area contributed by atoms with E-state index < -0.39 is 5.54 Å². The average molecular weight is 341 g/mol. The van der Waals surface area contributed by atoms with Crippen molar-refractivity contribution >= 4 is 21.8 Å². The van der Waals surface area contributed by atoms with E-state index in [4.69, 9.17) is 10.00 Å². The van der Waals surface area contributed by atoms with E-state index in [0.29, 0.717) is 10.2 Å². The molecule has 0 bridgehead atoms. The van der Waals surface area contributed by atoms with Crippen LogP contribution in [0.2, 0.25) is 0 Å². The van der Waals surface area contributed by atoms with E-state index in [9.17, 15) is 9.18 Å². The predicted octanol–water partition coefficient (Wildman–Crippen LogP) is 2.78. The molecule has 1 aliphatic rings. The highest BCUT2D eigenvalue weighted by Gasteiger charge is 2.43. The molecule has 1 aromatic rings. The molecule has 0 radical (unpaired) electrons. The Hall–Kier alpha value is -1.61. The molecule has 1 aliphatic carbocycles. The molecule has 0 spiro atoms. The Bertz CT molecular complexity index is 569. The fourth-order valence-electron chi connectivity index (χ4n) is 1.94. The van der Waals surface area contributed by atoms with Gasteiger partial charge < -0.3 is 10.1 Å². The predicted molar refractivity (Wildman–Crippen MR) is 74.5 cm³/mol. The van der Waals surface area contributed by atoms with Gasteiger partial charge in [-0.3, -0.25) is 4.79 Å². The molecule has 0 aliphatic heterocycles. The minimum atomic E-state index is -0.833. The summed E-state index contributed by atoms with van der Waals surface area (Å²) in [7, 11) is 0. The van der Waals surface area contributed by atoms with Gasteiger partial charge in [0.2, 0.25) is 0 Å². The van der Waals surface area contributed by atoms with Gasteiger partial charge in [-0.05, 0) is 59.8 Å². The SMILES string of the molecule is CC(C#N)(NC(=O)COc1ccc(F)cc1Br)C1CC1. The summed E-state index contributed by atoms with van der Waals surface area (Å²) in [4.78, 5) is 11.8. The van der Waals surface area contributed by atoms with E-state index in [1.807, 2.05) is 0 Å². The van der Waals surface area contributed by atoms with Crippen LogP contribution in [0.3, 0.4) is 0 Å². The van der Waals surface area contributed by atoms with E-state index in [-0.39, 0.29) is 24.2 Å². The molecule has 2 rings (SSSR count). The topological polar surface area (TPSA) is 62.1 Å². The van der Waals surface area contributed by atoms with Crippen LogP contribution >= 0.6 is 15.9 Å². The lowest BCUT2D eigenvalue weighted by molar-refractivity contribution is -0.124. The summed E-state index contributed by atoms with van der Waals surface area (Å²) in [6.45, 7) is 1.50. The van der Waals surface area contributed by atoms with Gasteiger partial charge in [-0.2, -0.15) is 5.26 Å². The number of hydrogen-bond donors (Lipinski definition) is 1. The molecule has 4 nitrogen and oxygen atoms in total. The van der Waals surface area contributed by atoms with Crippen LogP contribution in [0.15, 0.2) is 22.7 Å². The number of nitriles is 1. The normalized spacial score (nSPS) is 16.9. The number of benzene rings is 1. The van der Waals surface area contributed by atoms with Crippen LogP contribution in [-0.4, -0.2) is 18.1 Å². The van der Waals surface area contributed by atoms with Crippen molar-refractivity contribution in [2.24, 2.45) is 5.92 Å². The van der Waals surface area contributed by atoms with Gasteiger partial charge in [-0.1, -0.05) is 0 Å². The minimum Gasteiger partial charge on any atom is -0.483 e. The summed E-state index contributed by atoms with van der Waals surface area (Å²) in [6.07, 6.45) is 1.91. The van der Waals surface area contributed by atoms with E-state index in [1.165, 1.54) is 18.2 Å². The molecule has 106 valence electrons. The number of hydrogen-bond acceptors (Lipinski definition) is 3. The largest absolute Gasteiger partial charge is 0.483 e. The van der Waals surface area contributed by atoms with Gasteiger partial charge in [0.1, 0.15) is 17.1 Å². The van der Waals surface area contributed by atoms with Crippen molar-refractivity contribution < 1.29 is 13.9 Å². The summed E-state index contributed by atoms with van der Waals surface area (Å²) >= 11 is 3.16. The Morgan fingerprint density at radius 3 is 2.90 bits per heavy atom. The molecule has 1 fully saturated rings. The molecule has 0 heterocycles. The van der Waals surface area contributed by atoms with Crippen LogP contribution in [0.5, 0.6) is 5.75 Å². The third kappa shape index (κ3) is 3.48. The van der Waals surface area contributed by atoms with Gasteiger partial charge in [0.25, 0.3) is 5.91 Å². The molecule has 1 aromatic carbocycles. The smallest absolute Gasteiger partial charge is 0.259 e. The molecule has 20 heavy (non-hydrogen) atoms. The lowest BCUT2D eigenvalue weighted by Crippen LogP contribution is -2.48. The van der Waals surface area contributed by atoms with Gasteiger partial charge in [0.05, 0.1) is 10.5 Å². The van der Waals surface area contributed by atoms with Crippen LogP contribution < -0.4 is 10.1 Å². The van der Waals surface area contributed by atoms with Gasteiger partial charge >= 0.3 is 0 Å². The molecule has 1 unspecified atom stereocenters. The Balaban J connectivity index is 1.90. The molecule has 1 amide bonds. The Labute approximate surface area is 125 Å². The van der Waals surface area contributed by atoms with Gasteiger partial charge in [0, 0.05) is 0 Å². The zero-order valence-electron chi connectivity index (χ0n) is 11.0. The second kappa shape index (κ2) is 5.80. The Morgan fingerprint density at radius 1 is 1.65 bits per heavy atom. The average Bonchev–Trinajstić information content (AvgIpc) is 3.22. The van der Waals surface area contributed by atoms with Crippen molar-refractivity contribution in [2.45, 2.75) is 25.3 Å². The first-order valence-corrected chi connectivity index (χ1v) is 7.04. The van der Waals surface area contributed by atoms with E-state index >= 15 is 0 Å². The van der Waals surface area contributed by atoms with Crippen molar-refractivity contribution in [3.63, 3.8) is 0 Å². The fourth-order valence-corrected chi connectivity index (χ4v) is 2.41. The monoisotopic (exact) mass is 340 g/mol. The quantitative estimate of drug-likeness (QED) is 0.896. The zero-order valence-corrected chi connectivity index (χ0v) is 12.5. The highest BCUT2D eigenvalue weighted by Crippen LogP contribution is 2.39. The van der Waals surface area contributed by atoms with Crippen LogP contribution in [0.25, 0.3) is 0 Å². The van der Waals surface area contributed by atoms with Crippen molar-refractivity contribution in [2.75, 3.05) is 6.61 Å². The van der Waals surface area contributed by atoms with Gasteiger partial charge in [-0.25, -0.2) is 4.39 Å². The standard InChI is InChI=1S/C14H14BrFN2O2/c1-14(8-17,9-2-3-9)18-13(19)7-20-12-5-4-10(16)6-11(12)15/h4-6,9H,2-3,7H2,1H3,(H,18,19). The summed E-state index contributed by atoms with van der Waals surface area (Å²) in [5, 5.41) is 11.8. The Kier molecular flexibility index (Phi) is 4.29. The molecule has 1 atom stereocenters. The van der Waals surface area contributed by atoms with Crippen molar-refractivity contribution in [3.8, 4) is 11.8 Å². The van der Waals surface area contributed by atoms with E-state index in [2.05, 4.69) is 27.3 Å². The first-order chi connectivity index (χ1) is 9.44. The third-order valence-electron chi connectivity index (χ3n) is 3.28. The summed E-state index contributed by atoms with van der Waals surface area (Å²) < 4.78 is 18.7. The number of nitrogens with one attached hydrogen (secondary N) is 1. The van der Waals surface area contributed by atoms with Crippen LogP contribution in [0, 0.1) is 23.1 Å². The lowest BCUT2D eigenvalue weighted by atomic mass is 9.98. The van der Waals surface area contributed by atoms with E-state index in [1.54, 1.807) is 6.92 Å². The maximum Gasteiger partial charge on any atom is 0.259 e. The number of ether oxygens (including phenoxy) is 1. The molecular weight excluding hydrogens is 327 g/mol. The second-order valence-electron chi connectivity index (χ2n) is 5.00. The molecule has 1 N–H and O–H groups in total. The number of carbonyl (C=O) groups is 1. The first-order valence-electron chi connectivity index (χ1n) is 6.25. The molecule has 1 saturated carbocycles. The summed E-state index contributed by atoms with van der Waals surface area (Å²) in [6, 6.07) is 6.10. The maximum absolute atomic E-state index is 12.9. The maximum atomic E-state index is 12.9. The number of halogens is 2. The third-order valence-corrected chi connectivity index (χ3v) is 3.90. The van der Waals surface area contributed by atoms with Crippen LogP contribution in [-0.2, 0) is 4.79 Å². The highest BCUT2D eigenvalue weighted by atomic mass is 79.9. The molecular formula is C14H14BrFN2O2. The summed E-state index contributed by atoms with van der Waals surface area (Å²) in [5.74, 6) is -0.155. The number of nitrogens with zero attached hydrogens (tertiary/aromatic N) is 1. The molecule has 0 saturated heterocycles. The van der Waals surface area contributed by atoms with Crippen molar-refractivity contribution in [1.82, 2.24) is 5.32 Å². The van der Waals surface area contributed by atoms with E-state index in [0.717, 1.165) is 12.8 Å². The second-order valence-corrected chi connectivity index (χ2v) is 5.85. The Morgan fingerprint density at radius 2 is 2.35 bits per heavy atom. The fraction of sp³-hybridized carbons (Fsp3) is 0.429. The number of amides is 1. The first kappa shape index (κ1) is 14.8. The summed E-state index contributed by atoms with van der Waals surface area (Å²) in [5.41, 5.74) is -0.833.